The van der Waals surface area contributed by atoms with E-state index in [1.54, 1.807) is 0 Å². The number of hydrogen-bond acceptors (Lipinski definition) is 2. The lowest BCUT2D eigenvalue weighted by molar-refractivity contribution is -0.0197. The largest absolute Gasteiger partial charge is 0.374 e. The van der Waals surface area contributed by atoms with Crippen LogP contribution in [0.25, 0.3) is 0 Å². The van der Waals surface area contributed by atoms with Crippen LogP contribution in [-0.4, -0.2) is 36.7 Å². The van der Waals surface area contributed by atoms with Crippen LogP contribution in [0, 0.1) is 5.92 Å². The number of rotatable bonds is 3. The Balaban J connectivity index is 2.54. The Morgan fingerprint density at radius 1 is 1.23 bits per heavy atom. The van der Waals surface area contributed by atoms with E-state index in [-0.39, 0.29) is 0 Å². The smallest absolute Gasteiger partial charge is 0.0748 e. The van der Waals surface area contributed by atoms with E-state index in [0.29, 0.717) is 24.2 Å². The Labute approximate surface area is 82.3 Å². The monoisotopic (exact) mass is 185 g/mol. The van der Waals surface area contributed by atoms with Gasteiger partial charge in [0.1, 0.15) is 0 Å². The first kappa shape index (κ1) is 11.0. The topological polar surface area (TPSA) is 12.5 Å². The summed E-state index contributed by atoms with van der Waals surface area (Å²) < 4.78 is 5.91. The number of nitrogens with zero attached hydrogens (tertiary/aromatic N) is 1. The van der Waals surface area contributed by atoms with E-state index < -0.39 is 0 Å². The molecule has 0 aromatic heterocycles. The summed E-state index contributed by atoms with van der Waals surface area (Å²) in [6.45, 7) is 9.98. The first-order chi connectivity index (χ1) is 6.02. The second-order valence-corrected chi connectivity index (χ2v) is 4.73. The second kappa shape index (κ2) is 4.43. The molecule has 0 aromatic carbocycles. The fourth-order valence-electron chi connectivity index (χ4n) is 2.37. The standard InChI is InChI=1S/C11H23NO/c1-8(2)11-10(13-9(3)4)6-7-12(11)5/h8-11H,6-7H2,1-5H3. The number of ether oxygens (including phenoxy) is 1. The molecule has 2 heteroatoms. The molecule has 1 saturated heterocycles. The van der Waals surface area contributed by atoms with Crippen LogP contribution >= 0.6 is 0 Å². The molecule has 13 heavy (non-hydrogen) atoms. The first-order valence-corrected chi connectivity index (χ1v) is 5.38. The van der Waals surface area contributed by atoms with Gasteiger partial charge in [-0.15, -0.1) is 0 Å². The highest BCUT2D eigenvalue weighted by Gasteiger charge is 2.34. The minimum atomic E-state index is 0.359. The highest BCUT2D eigenvalue weighted by atomic mass is 16.5. The van der Waals surface area contributed by atoms with E-state index in [4.69, 9.17) is 4.74 Å². The highest BCUT2D eigenvalue weighted by Crippen LogP contribution is 2.25. The SMILES string of the molecule is CC(C)OC1CCN(C)C1C(C)C. The van der Waals surface area contributed by atoms with E-state index in [0.717, 1.165) is 0 Å². The molecule has 1 aliphatic rings. The Bertz CT molecular complexity index is 156. The van der Waals surface area contributed by atoms with Gasteiger partial charge in [-0.25, -0.2) is 0 Å². The molecule has 0 bridgehead atoms. The lowest BCUT2D eigenvalue weighted by Crippen LogP contribution is -2.39. The molecule has 0 radical (unpaired) electrons. The number of hydrogen-bond donors (Lipinski definition) is 0. The summed E-state index contributed by atoms with van der Waals surface area (Å²) in [5.41, 5.74) is 0. The van der Waals surface area contributed by atoms with E-state index in [1.165, 1.54) is 13.0 Å². The molecule has 1 rings (SSSR count). The predicted molar refractivity (Wildman–Crippen MR) is 55.9 cm³/mol. The normalized spacial score (nSPS) is 30.7. The Kier molecular flexibility index (Phi) is 3.74. The van der Waals surface area contributed by atoms with Gasteiger partial charge in [-0.1, -0.05) is 13.8 Å². The second-order valence-electron chi connectivity index (χ2n) is 4.73. The first-order valence-electron chi connectivity index (χ1n) is 5.38. The van der Waals surface area contributed by atoms with Crippen molar-refractivity contribution < 1.29 is 4.74 Å². The molecule has 2 unspecified atom stereocenters. The lowest BCUT2D eigenvalue weighted by Gasteiger charge is -2.29. The Morgan fingerprint density at radius 3 is 2.31 bits per heavy atom. The van der Waals surface area contributed by atoms with Crippen LogP contribution in [0.15, 0.2) is 0 Å². The zero-order chi connectivity index (χ0) is 10.0. The third-order valence-corrected chi connectivity index (χ3v) is 2.79. The molecule has 0 N–H and O–H groups in total. The fraction of sp³-hybridized carbons (Fsp3) is 1.00. The summed E-state index contributed by atoms with van der Waals surface area (Å²) in [5, 5.41) is 0. The van der Waals surface area contributed by atoms with Gasteiger partial charge in [0.2, 0.25) is 0 Å². The van der Waals surface area contributed by atoms with Crippen LogP contribution in [0.3, 0.4) is 0 Å². The molecule has 0 spiro atoms. The predicted octanol–water partition coefficient (Wildman–Crippen LogP) is 2.14. The minimum Gasteiger partial charge on any atom is -0.374 e. The van der Waals surface area contributed by atoms with Gasteiger partial charge in [-0.2, -0.15) is 0 Å². The van der Waals surface area contributed by atoms with Gasteiger partial charge in [0, 0.05) is 12.6 Å². The van der Waals surface area contributed by atoms with E-state index >= 15 is 0 Å². The van der Waals surface area contributed by atoms with Crippen molar-refractivity contribution in [2.24, 2.45) is 5.92 Å². The van der Waals surface area contributed by atoms with Crippen LogP contribution < -0.4 is 0 Å². The van der Waals surface area contributed by atoms with Crippen molar-refractivity contribution in [1.29, 1.82) is 0 Å². The molecule has 2 atom stereocenters. The van der Waals surface area contributed by atoms with Gasteiger partial charge >= 0.3 is 0 Å². The Morgan fingerprint density at radius 2 is 1.85 bits per heavy atom. The highest BCUT2D eigenvalue weighted by molar-refractivity contribution is 4.88. The molecule has 78 valence electrons. The van der Waals surface area contributed by atoms with Crippen LogP contribution in [-0.2, 0) is 4.74 Å². The van der Waals surface area contributed by atoms with E-state index in [2.05, 4.69) is 39.6 Å². The molecule has 1 fully saturated rings. The molecular weight excluding hydrogens is 162 g/mol. The van der Waals surface area contributed by atoms with Gasteiger partial charge in [0.25, 0.3) is 0 Å². The van der Waals surface area contributed by atoms with Crippen molar-refractivity contribution in [3.05, 3.63) is 0 Å². The van der Waals surface area contributed by atoms with Crippen LogP contribution in [0.1, 0.15) is 34.1 Å². The third-order valence-electron chi connectivity index (χ3n) is 2.79. The maximum atomic E-state index is 5.91. The minimum absolute atomic E-state index is 0.359. The Hall–Kier alpha value is -0.0800. The van der Waals surface area contributed by atoms with Crippen molar-refractivity contribution in [2.45, 2.75) is 52.4 Å². The lowest BCUT2D eigenvalue weighted by atomic mass is 9.99. The summed E-state index contributed by atoms with van der Waals surface area (Å²) in [7, 11) is 2.20. The van der Waals surface area contributed by atoms with Gasteiger partial charge in [0.15, 0.2) is 0 Å². The molecule has 0 aliphatic carbocycles. The third kappa shape index (κ3) is 2.68. The van der Waals surface area contributed by atoms with Gasteiger partial charge in [-0.05, 0) is 33.2 Å². The molecule has 1 aliphatic heterocycles. The van der Waals surface area contributed by atoms with Gasteiger partial charge < -0.3 is 9.64 Å². The average Bonchev–Trinajstić information content (AvgIpc) is 2.30. The van der Waals surface area contributed by atoms with Crippen molar-refractivity contribution in [1.82, 2.24) is 4.90 Å². The number of likely N-dealkylation sites (N-methyl/N-ethyl adjacent to an activating group) is 1. The summed E-state index contributed by atoms with van der Waals surface area (Å²) in [5.74, 6) is 0.691. The number of likely N-dealkylation sites (tertiary alicyclic amines) is 1. The molecule has 1 heterocycles. The summed E-state index contributed by atoms with van der Waals surface area (Å²) in [6.07, 6.45) is 2.00. The van der Waals surface area contributed by atoms with Crippen molar-refractivity contribution in [3.63, 3.8) is 0 Å². The quantitative estimate of drug-likeness (QED) is 0.668. The van der Waals surface area contributed by atoms with Crippen LogP contribution in [0.2, 0.25) is 0 Å². The molecule has 0 saturated carbocycles. The molecule has 2 nitrogen and oxygen atoms in total. The fourth-order valence-corrected chi connectivity index (χ4v) is 2.37. The van der Waals surface area contributed by atoms with Crippen molar-refractivity contribution in [2.75, 3.05) is 13.6 Å². The average molecular weight is 185 g/mol. The van der Waals surface area contributed by atoms with Crippen molar-refractivity contribution in [3.8, 4) is 0 Å². The van der Waals surface area contributed by atoms with E-state index in [1.807, 2.05) is 0 Å². The van der Waals surface area contributed by atoms with Crippen LogP contribution in [0.4, 0.5) is 0 Å². The maximum Gasteiger partial charge on any atom is 0.0748 e. The molecule has 0 aromatic rings. The summed E-state index contributed by atoms with van der Waals surface area (Å²) >= 11 is 0. The van der Waals surface area contributed by atoms with Crippen LogP contribution in [0.5, 0.6) is 0 Å². The van der Waals surface area contributed by atoms with Gasteiger partial charge in [0.05, 0.1) is 12.2 Å². The molecular formula is C11H23NO. The van der Waals surface area contributed by atoms with Crippen molar-refractivity contribution >= 4 is 0 Å². The summed E-state index contributed by atoms with van der Waals surface area (Å²) in [6, 6.07) is 0.613. The van der Waals surface area contributed by atoms with E-state index in [9.17, 15) is 0 Å². The summed E-state index contributed by atoms with van der Waals surface area (Å²) in [4.78, 5) is 2.43. The molecule has 0 amide bonds. The van der Waals surface area contributed by atoms with Gasteiger partial charge in [-0.3, -0.25) is 0 Å². The zero-order valence-electron chi connectivity index (χ0n) is 9.58. The zero-order valence-corrected chi connectivity index (χ0v) is 9.58. The maximum absolute atomic E-state index is 5.91.